The van der Waals surface area contributed by atoms with Crippen molar-refractivity contribution >= 4 is 38.2 Å². The predicted octanol–water partition coefficient (Wildman–Crippen LogP) is 4.44. The number of allylic oxidation sites excluding steroid dienone is 1. The molecule has 0 saturated carbocycles. The Balaban J connectivity index is 1.56. The van der Waals surface area contributed by atoms with Gasteiger partial charge in [-0.05, 0) is 16.3 Å². The van der Waals surface area contributed by atoms with Gasteiger partial charge in [-0.1, -0.05) is 59.9 Å². The minimum absolute atomic E-state index is 0.175. The lowest BCUT2D eigenvalue weighted by Gasteiger charge is -2.04. The van der Waals surface area contributed by atoms with E-state index in [0.29, 0.717) is 17.1 Å². The minimum atomic E-state index is -0.175. The number of benzene rings is 3. The highest BCUT2D eigenvalue weighted by Crippen LogP contribution is 2.37. The number of rotatable bonds is 4. The summed E-state index contributed by atoms with van der Waals surface area (Å²) in [6.07, 6.45) is 2.05. The van der Waals surface area contributed by atoms with Crippen LogP contribution in [0.3, 0.4) is 0 Å². The summed E-state index contributed by atoms with van der Waals surface area (Å²) in [6, 6.07) is 18.0. The summed E-state index contributed by atoms with van der Waals surface area (Å²) in [5, 5.41) is 2.20. The van der Waals surface area contributed by atoms with Crippen LogP contribution in [0.25, 0.3) is 21.0 Å². The Hall–Kier alpha value is -3.38. The first-order valence-electron chi connectivity index (χ1n) is 9.31. The van der Waals surface area contributed by atoms with Crippen LogP contribution >= 0.6 is 11.3 Å². The van der Waals surface area contributed by atoms with E-state index in [1.807, 2.05) is 59.2 Å². The quantitative estimate of drug-likeness (QED) is 0.474. The van der Waals surface area contributed by atoms with Crippen molar-refractivity contribution < 1.29 is 14.3 Å². The fraction of sp³-hybridized carbons (Fsp3) is 0.130. The van der Waals surface area contributed by atoms with E-state index in [2.05, 4.69) is 11.6 Å². The maximum Gasteiger partial charge on any atom is 0.252 e. The van der Waals surface area contributed by atoms with E-state index in [-0.39, 0.29) is 19.1 Å². The minimum Gasteiger partial charge on any atom is -0.454 e. The maximum absolute atomic E-state index is 12.8. The lowest BCUT2D eigenvalue weighted by atomic mass is 10.0. The molecule has 6 heteroatoms. The molecule has 0 N–H and O–H groups in total. The van der Waals surface area contributed by atoms with Crippen LogP contribution in [-0.2, 0) is 17.8 Å². The fourth-order valence-electron chi connectivity index (χ4n) is 3.61. The van der Waals surface area contributed by atoms with Gasteiger partial charge in [0.1, 0.15) is 0 Å². The fourth-order valence-corrected chi connectivity index (χ4v) is 4.67. The first kappa shape index (κ1) is 17.7. The standard InChI is InChI=1S/C23H18N2O3S/c1-2-10-25-18-12-19-20(28-14-27-19)13-21(18)29-23(25)24-22(26)11-16-8-5-7-15-6-3-4-9-17(15)16/h2-9,12-13H,1,10-11,14H2. The summed E-state index contributed by atoms with van der Waals surface area (Å²) in [5.41, 5.74) is 1.94. The third-order valence-electron chi connectivity index (χ3n) is 4.93. The van der Waals surface area contributed by atoms with Gasteiger partial charge >= 0.3 is 0 Å². The van der Waals surface area contributed by atoms with Gasteiger partial charge in [0.05, 0.1) is 16.6 Å². The molecule has 0 fully saturated rings. The van der Waals surface area contributed by atoms with Crippen LogP contribution in [0.5, 0.6) is 11.5 Å². The van der Waals surface area contributed by atoms with Crippen LogP contribution in [0.4, 0.5) is 0 Å². The number of ether oxygens (including phenoxy) is 2. The number of hydrogen-bond acceptors (Lipinski definition) is 4. The zero-order chi connectivity index (χ0) is 19.8. The maximum atomic E-state index is 12.8. The Morgan fingerprint density at radius 3 is 2.79 bits per heavy atom. The number of aromatic nitrogens is 1. The molecule has 0 spiro atoms. The molecule has 1 amide bonds. The molecule has 5 rings (SSSR count). The Morgan fingerprint density at radius 2 is 1.93 bits per heavy atom. The average Bonchev–Trinajstić information content (AvgIpc) is 3.31. The lowest BCUT2D eigenvalue weighted by molar-refractivity contribution is -0.117. The molecule has 0 aliphatic carbocycles. The number of hydrogen-bond donors (Lipinski definition) is 0. The van der Waals surface area contributed by atoms with Gasteiger partial charge in [0.25, 0.3) is 5.91 Å². The third kappa shape index (κ3) is 3.21. The normalized spacial score (nSPS) is 13.3. The number of thiazole rings is 1. The molecule has 0 radical (unpaired) electrons. The molecule has 1 aliphatic rings. The molecule has 2 heterocycles. The zero-order valence-electron chi connectivity index (χ0n) is 15.6. The summed E-state index contributed by atoms with van der Waals surface area (Å²) < 4.78 is 13.9. The molecule has 144 valence electrons. The zero-order valence-corrected chi connectivity index (χ0v) is 16.4. The van der Waals surface area contributed by atoms with Gasteiger partial charge in [0.2, 0.25) is 6.79 Å². The highest BCUT2D eigenvalue weighted by atomic mass is 32.1. The highest BCUT2D eigenvalue weighted by molar-refractivity contribution is 7.16. The lowest BCUT2D eigenvalue weighted by Crippen LogP contribution is -2.17. The van der Waals surface area contributed by atoms with E-state index >= 15 is 0 Å². The molecule has 5 nitrogen and oxygen atoms in total. The molecule has 29 heavy (non-hydrogen) atoms. The third-order valence-corrected chi connectivity index (χ3v) is 5.97. The second-order valence-electron chi connectivity index (χ2n) is 6.78. The van der Waals surface area contributed by atoms with E-state index in [1.54, 1.807) is 6.08 Å². The highest BCUT2D eigenvalue weighted by Gasteiger charge is 2.17. The number of fused-ring (bicyclic) bond motifs is 3. The first-order chi connectivity index (χ1) is 14.2. The largest absolute Gasteiger partial charge is 0.454 e. The van der Waals surface area contributed by atoms with Crippen molar-refractivity contribution in [2.45, 2.75) is 13.0 Å². The molecule has 0 saturated heterocycles. The van der Waals surface area contributed by atoms with Crippen molar-refractivity contribution in [2.24, 2.45) is 4.99 Å². The molecule has 0 atom stereocenters. The summed E-state index contributed by atoms with van der Waals surface area (Å²) in [6.45, 7) is 4.62. The van der Waals surface area contributed by atoms with Crippen LogP contribution in [-0.4, -0.2) is 17.3 Å². The molecule has 1 aromatic heterocycles. The van der Waals surface area contributed by atoms with Crippen molar-refractivity contribution in [2.75, 3.05) is 6.79 Å². The molecular formula is C23H18N2O3S. The van der Waals surface area contributed by atoms with Crippen molar-refractivity contribution in [3.63, 3.8) is 0 Å². The SMILES string of the molecule is C=CCn1c(=NC(=O)Cc2cccc3ccccc23)sc2cc3c(cc21)OCO3. The molecule has 0 bridgehead atoms. The second kappa shape index (κ2) is 7.22. The number of carbonyl (C=O) groups is 1. The van der Waals surface area contributed by atoms with Gasteiger partial charge in [-0.3, -0.25) is 4.79 Å². The Bertz CT molecular complexity index is 1330. The van der Waals surface area contributed by atoms with Gasteiger partial charge in [-0.25, -0.2) is 0 Å². The van der Waals surface area contributed by atoms with E-state index in [4.69, 9.17) is 9.47 Å². The van der Waals surface area contributed by atoms with Crippen LogP contribution < -0.4 is 14.3 Å². The van der Waals surface area contributed by atoms with E-state index in [0.717, 1.165) is 32.3 Å². The van der Waals surface area contributed by atoms with Gasteiger partial charge in [-0.2, -0.15) is 4.99 Å². The Kier molecular flexibility index (Phi) is 4.41. The summed E-state index contributed by atoms with van der Waals surface area (Å²) in [7, 11) is 0. The van der Waals surface area contributed by atoms with Crippen molar-refractivity contribution in [3.05, 3.63) is 77.6 Å². The molecule has 0 unspecified atom stereocenters. The van der Waals surface area contributed by atoms with Crippen molar-refractivity contribution in [1.82, 2.24) is 4.57 Å². The summed E-state index contributed by atoms with van der Waals surface area (Å²) >= 11 is 1.46. The molecule has 1 aliphatic heterocycles. The molecular weight excluding hydrogens is 384 g/mol. The topological polar surface area (TPSA) is 52.8 Å². The average molecular weight is 402 g/mol. The van der Waals surface area contributed by atoms with E-state index in [1.165, 1.54) is 11.3 Å². The summed E-state index contributed by atoms with van der Waals surface area (Å²) in [4.78, 5) is 17.9. The van der Waals surface area contributed by atoms with E-state index < -0.39 is 0 Å². The second-order valence-corrected chi connectivity index (χ2v) is 7.79. The van der Waals surface area contributed by atoms with Crippen LogP contribution in [0.2, 0.25) is 0 Å². The number of amides is 1. The van der Waals surface area contributed by atoms with Crippen LogP contribution in [0.15, 0.2) is 72.2 Å². The monoisotopic (exact) mass is 402 g/mol. The molecule has 4 aromatic rings. The first-order valence-corrected chi connectivity index (χ1v) is 10.1. The summed E-state index contributed by atoms with van der Waals surface area (Å²) in [5.74, 6) is 1.26. The van der Waals surface area contributed by atoms with Crippen molar-refractivity contribution in [3.8, 4) is 11.5 Å². The van der Waals surface area contributed by atoms with Gasteiger partial charge in [0.15, 0.2) is 16.3 Å². The van der Waals surface area contributed by atoms with Gasteiger partial charge < -0.3 is 14.0 Å². The van der Waals surface area contributed by atoms with E-state index in [9.17, 15) is 4.79 Å². The van der Waals surface area contributed by atoms with Gasteiger partial charge in [0, 0.05) is 18.7 Å². The molecule has 3 aromatic carbocycles. The van der Waals surface area contributed by atoms with Gasteiger partial charge in [-0.15, -0.1) is 6.58 Å². The Labute approximate surface area is 171 Å². The van der Waals surface area contributed by atoms with Crippen LogP contribution in [0, 0.1) is 0 Å². The number of nitrogens with zero attached hydrogens (tertiary/aromatic N) is 2. The Morgan fingerprint density at radius 1 is 1.14 bits per heavy atom. The smallest absolute Gasteiger partial charge is 0.252 e. The number of carbonyl (C=O) groups excluding carboxylic acids is 1. The predicted molar refractivity (Wildman–Crippen MR) is 114 cm³/mol. The van der Waals surface area contributed by atoms with Crippen LogP contribution in [0.1, 0.15) is 5.56 Å². The van der Waals surface area contributed by atoms with Crippen molar-refractivity contribution in [1.29, 1.82) is 0 Å².